The Labute approximate surface area is 118 Å². The molecule has 0 radical (unpaired) electrons. The molecule has 102 valence electrons. The third-order valence-electron chi connectivity index (χ3n) is 3.25. The van der Waals surface area contributed by atoms with Crippen LogP contribution in [0.15, 0.2) is 18.2 Å². The second kappa shape index (κ2) is 5.72. The van der Waals surface area contributed by atoms with E-state index >= 15 is 0 Å². The number of aromatic nitrogens is 3. The second-order valence-corrected chi connectivity index (χ2v) is 5.12. The van der Waals surface area contributed by atoms with Gasteiger partial charge in [0, 0.05) is 5.02 Å². The molecule has 0 aliphatic heterocycles. The van der Waals surface area contributed by atoms with Gasteiger partial charge in [-0.05, 0) is 45.0 Å². The summed E-state index contributed by atoms with van der Waals surface area (Å²) in [5.74, 6) is 0. The predicted octanol–water partition coefficient (Wildman–Crippen LogP) is 3.21. The molecule has 5 heteroatoms. The van der Waals surface area contributed by atoms with Gasteiger partial charge in [-0.2, -0.15) is 0 Å². The van der Waals surface area contributed by atoms with Crippen LogP contribution in [0, 0.1) is 13.8 Å². The lowest BCUT2D eigenvalue weighted by Crippen LogP contribution is -2.19. The highest BCUT2D eigenvalue weighted by atomic mass is 35.5. The quantitative estimate of drug-likeness (QED) is 0.934. The van der Waals surface area contributed by atoms with Crippen LogP contribution in [0.5, 0.6) is 0 Å². The molecule has 19 heavy (non-hydrogen) atoms. The third kappa shape index (κ3) is 2.80. The van der Waals surface area contributed by atoms with E-state index in [0.717, 1.165) is 29.2 Å². The molecular weight excluding hydrogens is 260 g/mol. The van der Waals surface area contributed by atoms with Gasteiger partial charge in [0.2, 0.25) is 0 Å². The molecule has 0 amide bonds. The van der Waals surface area contributed by atoms with Gasteiger partial charge in [-0.25, -0.2) is 4.68 Å². The summed E-state index contributed by atoms with van der Waals surface area (Å²) in [7, 11) is 0. The molecule has 2 rings (SSSR count). The molecule has 0 aliphatic rings. The Morgan fingerprint density at radius 1 is 1.37 bits per heavy atom. The summed E-state index contributed by atoms with van der Waals surface area (Å²) in [5.41, 5.74) is 4.12. The maximum Gasteiger partial charge on any atom is 0.103 e. The fourth-order valence-electron chi connectivity index (χ4n) is 2.18. The van der Waals surface area contributed by atoms with Gasteiger partial charge >= 0.3 is 0 Å². The van der Waals surface area contributed by atoms with Crippen molar-refractivity contribution in [3.05, 3.63) is 40.2 Å². The third-order valence-corrected chi connectivity index (χ3v) is 3.49. The van der Waals surface area contributed by atoms with E-state index in [2.05, 4.69) is 29.5 Å². The molecular formula is C14H19ClN4. The monoisotopic (exact) mass is 278 g/mol. The Balaban J connectivity index is 2.44. The molecule has 1 unspecified atom stereocenters. The molecule has 1 N–H and O–H groups in total. The average Bonchev–Trinajstić information content (AvgIpc) is 2.74. The fraction of sp³-hybridized carbons (Fsp3) is 0.429. The highest BCUT2D eigenvalue weighted by Gasteiger charge is 2.16. The molecule has 2 aromatic rings. The largest absolute Gasteiger partial charge is 0.309 e. The molecule has 4 nitrogen and oxygen atoms in total. The van der Waals surface area contributed by atoms with Gasteiger partial charge in [0.15, 0.2) is 0 Å². The lowest BCUT2D eigenvalue weighted by atomic mass is 10.1. The number of halogens is 1. The Kier molecular flexibility index (Phi) is 4.22. The highest BCUT2D eigenvalue weighted by molar-refractivity contribution is 6.30. The van der Waals surface area contributed by atoms with Crippen molar-refractivity contribution in [2.45, 2.75) is 33.7 Å². The molecule has 0 fully saturated rings. The lowest BCUT2D eigenvalue weighted by molar-refractivity contribution is 0.579. The number of nitrogens with one attached hydrogen (secondary N) is 1. The van der Waals surface area contributed by atoms with E-state index in [4.69, 9.17) is 11.6 Å². The van der Waals surface area contributed by atoms with Gasteiger partial charge in [0.05, 0.1) is 17.4 Å². The Morgan fingerprint density at radius 3 is 2.79 bits per heavy atom. The summed E-state index contributed by atoms with van der Waals surface area (Å²) in [6.07, 6.45) is 0. The van der Waals surface area contributed by atoms with Crippen LogP contribution in [-0.2, 0) is 0 Å². The van der Waals surface area contributed by atoms with Gasteiger partial charge in [-0.3, -0.25) is 0 Å². The zero-order chi connectivity index (χ0) is 14.0. The van der Waals surface area contributed by atoms with Crippen LogP contribution < -0.4 is 5.32 Å². The standard InChI is InChI=1S/C14H19ClN4/c1-5-16-10(3)14-11(4)19(18-17-14)13-8-12(15)7-6-9(13)2/h6-8,10,16H,5H2,1-4H3. The minimum absolute atomic E-state index is 0.193. The molecule has 1 heterocycles. The maximum absolute atomic E-state index is 6.06. The molecule has 0 bridgehead atoms. The summed E-state index contributed by atoms with van der Waals surface area (Å²) in [6, 6.07) is 5.99. The van der Waals surface area contributed by atoms with Crippen molar-refractivity contribution in [2.24, 2.45) is 0 Å². The van der Waals surface area contributed by atoms with Gasteiger partial charge in [-0.15, -0.1) is 5.10 Å². The zero-order valence-corrected chi connectivity index (χ0v) is 12.5. The van der Waals surface area contributed by atoms with Crippen molar-refractivity contribution < 1.29 is 0 Å². The molecule has 1 aromatic heterocycles. The Morgan fingerprint density at radius 2 is 2.11 bits per heavy atom. The topological polar surface area (TPSA) is 42.7 Å². The highest BCUT2D eigenvalue weighted by Crippen LogP contribution is 2.22. The van der Waals surface area contributed by atoms with Gasteiger partial charge in [0.25, 0.3) is 0 Å². The first-order valence-electron chi connectivity index (χ1n) is 6.46. The minimum atomic E-state index is 0.193. The number of nitrogens with zero attached hydrogens (tertiary/aromatic N) is 3. The van der Waals surface area contributed by atoms with Crippen molar-refractivity contribution in [3.63, 3.8) is 0 Å². The Hall–Kier alpha value is -1.39. The number of benzene rings is 1. The zero-order valence-electron chi connectivity index (χ0n) is 11.7. The van der Waals surface area contributed by atoms with Crippen LogP contribution in [0.1, 0.15) is 36.8 Å². The summed E-state index contributed by atoms with van der Waals surface area (Å²) >= 11 is 6.06. The van der Waals surface area contributed by atoms with E-state index in [-0.39, 0.29) is 6.04 Å². The van der Waals surface area contributed by atoms with E-state index in [0.29, 0.717) is 5.02 Å². The lowest BCUT2D eigenvalue weighted by Gasteiger charge is -2.11. The first-order chi connectivity index (χ1) is 9.04. The van der Waals surface area contributed by atoms with E-state index in [1.54, 1.807) is 0 Å². The molecule has 1 aromatic carbocycles. The predicted molar refractivity (Wildman–Crippen MR) is 77.9 cm³/mol. The molecule has 0 aliphatic carbocycles. The Bertz CT molecular complexity index is 577. The number of rotatable bonds is 4. The van der Waals surface area contributed by atoms with E-state index < -0.39 is 0 Å². The van der Waals surface area contributed by atoms with Gasteiger partial charge in [0.1, 0.15) is 5.69 Å². The van der Waals surface area contributed by atoms with Crippen molar-refractivity contribution in [1.82, 2.24) is 20.3 Å². The summed E-state index contributed by atoms with van der Waals surface area (Å²) in [5, 5.41) is 12.6. The molecule has 0 spiro atoms. The van der Waals surface area contributed by atoms with Crippen LogP contribution in [0.3, 0.4) is 0 Å². The first-order valence-corrected chi connectivity index (χ1v) is 6.84. The van der Waals surface area contributed by atoms with Crippen LogP contribution in [0.2, 0.25) is 5.02 Å². The van der Waals surface area contributed by atoms with Gasteiger partial charge < -0.3 is 5.32 Å². The van der Waals surface area contributed by atoms with E-state index in [9.17, 15) is 0 Å². The minimum Gasteiger partial charge on any atom is -0.309 e. The van der Waals surface area contributed by atoms with Crippen molar-refractivity contribution in [1.29, 1.82) is 0 Å². The first kappa shape index (κ1) is 14.0. The van der Waals surface area contributed by atoms with E-state index in [1.807, 2.05) is 36.7 Å². The SMILES string of the molecule is CCNC(C)c1nnn(-c2cc(Cl)ccc2C)c1C. The van der Waals surface area contributed by atoms with Crippen molar-refractivity contribution in [3.8, 4) is 5.69 Å². The van der Waals surface area contributed by atoms with Crippen LogP contribution in [-0.4, -0.2) is 21.5 Å². The van der Waals surface area contributed by atoms with Crippen LogP contribution in [0.4, 0.5) is 0 Å². The summed E-state index contributed by atoms with van der Waals surface area (Å²) < 4.78 is 1.85. The number of hydrogen-bond acceptors (Lipinski definition) is 3. The molecule has 1 atom stereocenters. The van der Waals surface area contributed by atoms with Crippen LogP contribution >= 0.6 is 11.6 Å². The maximum atomic E-state index is 6.06. The summed E-state index contributed by atoms with van der Waals surface area (Å²) in [4.78, 5) is 0. The summed E-state index contributed by atoms with van der Waals surface area (Å²) in [6.45, 7) is 9.15. The average molecular weight is 279 g/mol. The van der Waals surface area contributed by atoms with Crippen molar-refractivity contribution in [2.75, 3.05) is 6.54 Å². The number of hydrogen-bond donors (Lipinski definition) is 1. The van der Waals surface area contributed by atoms with Gasteiger partial charge in [-0.1, -0.05) is 29.8 Å². The smallest absolute Gasteiger partial charge is 0.103 e. The second-order valence-electron chi connectivity index (χ2n) is 4.68. The number of aryl methyl sites for hydroxylation is 1. The normalized spacial score (nSPS) is 12.7. The molecule has 0 saturated heterocycles. The molecule has 0 saturated carbocycles. The van der Waals surface area contributed by atoms with Crippen LogP contribution in [0.25, 0.3) is 5.69 Å². The fourth-order valence-corrected chi connectivity index (χ4v) is 2.35. The van der Waals surface area contributed by atoms with Crippen molar-refractivity contribution >= 4 is 11.6 Å². The van der Waals surface area contributed by atoms with E-state index in [1.165, 1.54) is 0 Å².